The average Bonchev–Trinajstić information content (AvgIpc) is 3.31. The number of methoxy groups -OCH3 is 1. The molecular weight excluding hydrogens is 366 g/mol. The summed E-state index contributed by atoms with van der Waals surface area (Å²) in [5.74, 6) is 3.42. The van der Waals surface area contributed by atoms with Crippen molar-refractivity contribution in [3.8, 4) is 11.4 Å². The van der Waals surface area contributed by atoms with Crippen molar-refractivity contribution in [2.75, 3.05) is 24.3 Å². The van der Waals surface area contributed by atoms with Gasteiger partial charge in [0.2, 0.25) is 11.9 Å². The summed E-state index contributed by atoms with van der Waals surface area (Å²) in [6.07, 6.45) is 6.36. The molecule has 0 amide bonds. The molecule has 4 rings (SSSR count). The molecule has 0 unspecified atom stereocenters. The Hall–Kier alpha value is -3.03. The lowest BCUT2D eigenvalue weighted by atomic mass is 10.2. The highest BCUT2D eigenvalue weighted by Gasteiger charge is 2.22. The number of benzene rings is 1. The summed E-state index contributed by atoms with van der Waals surface area (Å²) in [7, 11) is 1.67. The highest BCUT2D eigenvalue weighted by Crippen LogP contribution is 2.30. The zero-order valence-corrected chi connectivity index (χ0v) is 17.5. The van der Waals surface area contributed by atoms with E-state index in [0.29, 0.717) is 11.9 Å². The number of aryl methyl sites for hydroxylation is 1. The molecule has 1 aliphatic carbocycles. The summed E-state index contributed by atoms with van der Waals surface area (Å²) >= 11 is 0. The van der Waals surface area contributed by atoms with E-state index in [-0.39, 0.29) is 0 Å². The van der Waals surface area contributed by atoms with Crippen LogP contribution in [-0.4, -0.2) is 38.0 Å². The van der Waals surface area contributed by atoms with E-state index in [1.807, 2.05) is 40.6 Å². The Morgan fingerprint density at radius 2 is 2.10 bits per heavy atom. The third-order valence-electron chi connectivity index (χ3n) is 4.88. The van der Waals surface area contributed by atoms with Gasteiger partial charge in [-0.05, 0) is 43.7 Å². The second kappa shape index (κ2) is 8.14. The number of rotatable bonds is 9. The Kier molecular flexibility index (Phi) is 5.42. The van der Waals surface area contributed by atoms with Gasteiger partial charge in [-0.25, -0.2) is 9.67 Å². The van der Waals surface area contributed by atoms with Crippen molar-refractivity contribution in [3.05, 3.63) is 36.4 Å². The van der Waals surface area contributed by atoms with E-state index in [9.17, 15) is 0 Å². The maximum atomic E-state index is 5.59. The van der Waals surface area contributed by atoms with Crippen LogP contribution >= 0.6 is 0 Å². The van der Waals surface area contributed by atoms with Crippen molar-refractivity contribution >= 4 is 17.6 Å². The summed E-state index contributed by atoms with van der Waals surface area (Å²) in [5, 5.41) is 11.4. The fourth-order valence-electron chi connectivity index (χ4n) is 3.21. The van der Waals surface area contributed by atoms with Crippen molar-refractivity contribution in [1.29, 1.82) is 0 Å². The Bertz CT molecular complexity index is 971. The van der Waals surface area contributed by atoms with E-state index >= 15 is 0 Å². The van der Waals surface area contributed by atoms with Crippen LogP contribution in [-0.2, 0) is 6.54 Å². The first-order valence-electron chi connectivity index (χ1n) is 10.2. The Morgan fingerprint density at radius 1 is 1.28 bits per heavy atom. The molecule has 2 heterocycles. The van der Waals surface area contributed by atoms with E-state index in [4.69, 9.17) is 4.74 Å². The summed E-state index contributed by atoms with van der Waals surface area (Å²) in [4.78, 5) is 8.96. The number of aromatic nitrogens is 5. The van der Waals surface area contributed by atoms with Crippen LogP contribution in [0.5, 0.6) is 5.75 Å². The number of anilines is 3. The van der Waals surface area contributed by atoms with Gasteiger partial charge in [0.05, 0.1) is 24.8 Å². The monoisotopic (exact) mass is 395 g/mol. The van der Waals surface area contributed by atoms with Crippen LogP contribution in [0.3, 0.4) is 0 Å². The Labute approximate surface area is 171 Å². The highest BCUT2D eigenvalue weighted by molar-refractivity contribution is 5.62. The van der Waals surface area contributed by atoms with Gasteiger partial charge >= 0.3 is 0 Å². The topological polar surface area (TPSA) is 81.8 Å². The molecule has 0 atom stereocenters. The minimum Gasteiger partial charge on any atom is -0.494 e. The van der Waals surface area contributed by atoms with Gasteiger partial charge in [-0.15, -0.1) is 5.10 Å². The molecule has 0 saturated heterocycles. The zero-order valence-electron chi connectivity index (χ0n) is 17.5. The molecule has 0 bridgehead atoms. The third-order valence-corrected chi connectivity index (χ3v) is 4.88. The van der Waals surface area contributed by atoms with E-state index in [1.54, 1.807) is 13.4 Å². The molecule has 1 aliphatic rings. The van der Waals surface area contributed by atoms with Crippen LogP contribution in [0.2, 0.25) is 0 Å². The summed E-state index contributed by atoms with van der Waals surface area (Å²) in [5.41, 5.74) is 2.77. The van der Waals surface area contributed by atoms with Crippen LogP contribution in [0.25, 0.3) is 5.69 Å². The molecule has 0 aliphatic heterocycles. The lowest BCUT2D eigenvalue weighted by Gasteiger charge is -2.11. The maximum absolute atomic E-state index is 5.59. The molecule has 1 aromatic carbocycles. The molecule has 154 valence electrons. The van der Waals surface area contributed by atoms with Crippen LogP contribution in [0.15, 0.2) is 30.7 Å². The van der Waals surface area contributed by atoms with E-state index in [2.05, 4.69) is 39.5 Å². The molecule has 8 heteroatoms. The molecule has 29 heavy (non-hydrogen) atoms. The van der Waals surface area contributed by atoms with Gasteiger partial charge in [-0.3, -0.25) is 0 Å². The van der Waals surface area contributed by atoms with E-state index in [1.165, 1.54) is 12.8 Å². The number of hydrogen-bond donors (Lipinski definition) is 2. The number of ether oxygens (including phenoxy) is 1. The predicted molar refractivity (Wildman–Crippen MR) is 114 cm³/mol. The first-order chi connectivity index (χ1) is 14.0. The standard InChI is InChI=1S/C21H29N7O/c1-14(2)11-28-21(22-10-16-5-6-16)25-20(26-28)24-17-7-8-18(19(9-17)29-4)27-12-15(3)23-13-27/h7-9,12-14,16H,5-6,10-11H2,1-4H3,(H2,22,24,25,26). The second-order valence-electron chi connectivity index (χ2n) is 8.09. The number of hydrogen-bond acceptors (Lipinski definition) is 6. The van der Waals surface area contributed by atoms with Crippen LogP contribution in [0, 0.1) is 18.8 Å². The summed E-state index contributed by atoms with van der Waals surface area (Å²) in [6.45, 7) is 8.11. The van der Waals surface area contributed by atoms with Gasteiger partial charge < -0.3 is 19.9 Å². The number of nitrogens with one attached hydrogen (secondary N) is 2. The fourth-order valence-corrected chi connectivity index (χ4v) is 3.21. The van der Waals surface area contributed by atoms with Gasteiger partial charge in [0.1, 0.15) is 5.75 Å². The molecule has 1 fully saturated rings. The van der Waals surface area contributed by atoms with Gasteiger partial charge in [-0.2, -0.15) is 4.98 Å². The summed E-state index contributed by atoms with van der Waals surface area (Å²) < 4.78 is 9.50. The lowest BCUT2D eigenvalue weighted by molar-refractivity contribution is 0.413. The van der Waals surface area contributed by atoms with E-state index < -0.39 is 0 Å². The van der Waals surface area contributed by atoms with Gasteiger partial charge in [0, 0.05) is 31.0 Å². The largest absolute Gasteiger partial charge is 0.494 e. The second-order valence-corrected chi connectivity index (χ2v) is 8.09. The molecular formula is C21H29N7O. The number of imidazole rings is 1. The van der Waals surface area contributed by atoms with E-state index in [0.717, 1.165) is 47.8 Å². The summed E-state index contributed by atoms with van der Waals surface area (Å²) in [6, 6.07) is 5.94. The van der Waals surface area contributed by atoms with Crippen molar-refractivity contribution in [2.45, 2.75) is 40.2 Å². The van der Waals surface area contributed by atoms with Crippen molar-refractivity contribution in [2.24, 2.45) is 11.8 Å². The quantitative estimate of drug-likeness (QED) is 0.570. The smallest absolute Gasteiger partial charge is 0.248 e. The molecule has 0 radical (unpaired) electrons. The molecule has 0 spiro atoms. The van der Waals surface area contributed by atoms with Crippen molar-refractivity contribution in [3.63, 3.8) is 0 Å². The zero-order chi connectivity index (χ0) is 20.4. The van der Waals surface area contributed by atoms with Crippen molar-refractivity contribution in [1.82, 2.24) is 24.3 Å². The third kappa shape index (κ3) is 4.70. The van der Waals surface area contributed by atoms with Crippen LogP contribution in [0.1, 0.15) is 32.4 Å². The average molecular weight is 396 g/mol. The normalized spacial score (nSPS) is 13.7. The van der Waals surface area contributed by atoms with Crippen molar-refractivity contribution < 1.29 is 4.74 Å². The van der Waals surface area contributed by atoms with Crippen LogP contribution < -0.4 is 15.4 Å². The fraction of sp³-hybridized carbons (Fsp3) is 0.476. The lowest BCUT2D eigenvalue weighted by Crippen LogP contribution is -2.13. The predicted octanol–water partition coefficient (Wildman–Crippen LogP) is 4.00. The Balaban J connectivity index is 1.54. The number of nitrogens with zero attached hydrogens (tertiary/aromatic N) is 5. The molecule has 1 saturated carbocycles. The minimum absolute atomic E-state index is 0.490. The van der Waals surface area contributed by atoms with Gasteiger partial charge in [-0.1, -0.05) is 13.8 Å². The van der Waals surface area contributed by atoms with Gasteiger partial charge in [0.15, 0.2) is 0 Å². The molecule has 8 nitrogen and oxygen atoms in total. The van der Waals surface area contributed by atoms with Crippen LogP contribution in [0.4, 0.5) is 17.6 Å². The van der Waals surface area contributed by atoms with Gasteiger partial charge in [0.25, 0.3) is 0 Å². The first kappa shape index (κ1) is 19.3. The highest BCUT2D eigenvalue weighted by atomic mass is 16.5. The maximum Gasteiger partial charge on any atom is 0.248 e. The molecule has 2 N–H and O–H groups in total. The SMILES string of the molecule is COc1cc(Nc2nc(NCC3CC3)n(CC(C)C)n2)ccc1-n1cnc(C)c1. The first-order valence-corrected chi connectivity index (χ1v) is 10.2. The minimum atomic E-state index is 0.490. The molecule has 3 aromatic rings. The molecule has 2 aromatic heterocycles. The Morgan fingerprint density at radius 3 is 2.76 bits per heavy atom.